The molecule has 0 saturated carbocycles. The van der Waals surface area contributed by atoms with Gasteiger partial charge in [-0.3, -0.25) is 0 Å². The predicted octanol–water partition coefficient (Wildman–Crippen LogP) is -6.61. The summed E-state index contributed by atoms with van der Waals surface area (Å²) in [5.74, 6) is 1.94. The summed E-state index contributed by atoms with van der Waals surface area (Å²) in [4.78, 5) is 0. The van der Waals surface area contributed by atoms with Crippen LogP contribution in [-0.4, -0.2) is 78.1 Å². The fourth-order valence-electron chi connectivity index (χ4n) is 1.08. The minimum Gasteiger partial charge on any atom is -1.00 e. The molecule has 0 atom stereocenters. The molecule has 34 heavy (non-hydrogen) atoms. The Labute approximate surface area is 314 Å². The Morgan fingerprint density at radius 2 is 0.794 bits per heavy atom. The average molecular weight is 800 g/mol. The van der Waals surface area contributed by atoms with Gasteiger partial charge in [0.15, 0.2) is 0 Å². The number of hydrogen-bond donors (Lipinski definition) is 2. The van der Waals surface area contributed by atoms with E-state index >= 15 is 0 Å². The van der Waals surface area contributed by atoms with Crippen LogP contribution < -0.4 is 141 Å². The first kappa shape index (κ1) is 54.9. The first-order valence-corrected chi connectivity index (χ1v) is 12.6. The summed E-state index contributed by atoms with van der Waals surface area (Å²) in [6, 6.07) is 0. The Balaban J connectivity index is -0.0000000373. The summed E-state index contributed by atoms with van der Waals surface area (Å²) >= 11 is 2.36. The van der Waals surface area contributed by atoms with Gasteiger partial charge in [0.25, 0.3) is 0 Å². The van der Waals surface area contributed by atoms with Gasteiger partial charge in [-0.05, 0) is 11.5 Å². The molecule has 0 bridgehead atoms. The first-order valence-electron chi connectivity index (χ1n) is 8.57. The molecular weight excluding hydrogens is 764 g/mol. The second kappa shape index (κ2) is 22.5. The summed E-state index contributed by atoms with van der Waals surface area (Å²) < 4.78 is 124. The number of thiol groups is 2. The zero-order chi connectivity index (χ0) is 26.5. The van der Waals surface area contributed by atoms with Crippen molar-refractivity contribution >= 4 is 41.0 Å². The van der Waals surface area contributed by atoms with Crippen molar-refractivity contribution in [1.82, 2.24) is 0 Å². The van der Waals surface area contributed by atoms with Crippen molar-refractivity contribution < 1.29 is 197 Å². The van der Waals surface area contributed by atoms with Crippen LogP contribution in [0, 0.1) is 0 Å². The van der Waals surface area contributed by atoms with E-state index in [1.165, 1.54) is 38.2 Å². The van der Waals surface area contributed by atoms with Crippen LogP contribution in [0.1, 0.15) is 12.8 Å². The normalized spacial score (nSPS) is 14.6. The smallest absolute Gasteiger partial charge is 1.00 e. The van der Waals surface area contributed by atoms with Crippen LogP contribution in [0.5, 0.6) is 0 Å². The van der Waals surface area contributed by atoms with Crippen molar-refractivity contribution in [2.45, 2.75) is 12.8 Å². The maximum Gasteiger partial charge on any atom is 1.00 e. The molecule has 22 heteroatoms. The fraction of sp³-hybridized carbons (Fsp3) is 1.00. The summed E-state index contributed by atoms with van der Waals surface area (Å²) in [5.41, 5.74) is 0. The van der Waals surface area contributed by atoms with E-state index in [1.54, 1.807) is 0 Å². The second-order valence-corrected chi connectivity index (χ2v) is 11.8. The third-order valence-corrected chi connectivity index (χ3v) is 2.52. The predicted molar refractivity (Wildman–Crippen MR) is 109 cm³/mol. The molecule has 0 heterocycles. The van der Waals surface area contributed by atoms with Gasteiger partial charge in [0.2, 0.25) is 0 Å². The zero-order valence-electron chi connectivity index (χ0n) is 22.1. The molecule has 0 aromatic heterocycles. The van der Waals surface area contributed by atoms with Crippen LogP contribution >= 0.6 is 41.0 Å². The molecule has 0 aliphatic rings. The van der Waals surface area contributed by atoms with Crippen molar-refractivity contribution in [2.24, 2.45) is 0 Å². The van der Waals surface area contributed by atoms with E-state index < -0.39 is 16.0 Å². The SMILES string of the molecule is FP(F)(F)(F)F.F[P-](F)(F)(F)(F)F.[3H]SCCC[N+](C)(C)C.[3H]SCCC[N+](C)(C)C.[Br-].[Br-].[F-].[K+].[K+]. The maximum absolute atomic E-state index is 10.7. The van der Waals surface area contributed by atoms with E-state index in [0.29, 0.717) is 0 Å². The van der Waals surface area contributed by atoms with Crippen LogP contribution in [-0.2, 0) is 0 Å². The topological polar surface area (TPSA) is 0 Å². The van der Waals surface area contributed by atoms with E-state index in [-0.39, 0.29) is 141 Å². The number of hydrogen-bond acceptors (Lipinski definition) is 2. The third kappa shape index (κ3) is 215. The van der Waals surface area contributed by atoms with E-state index in [1.807, 2.05) is 0 Å². The van der Waals surface area contributed by atoms with Crippen molar-refractivity contribution in [3.05, 3.63) is 0 Å². The van der Waals surface area contributed by atoms with Gasteiger partial charge in [-0.2, -0.15) is 25.1 Å². The molecule has 0 saturated heterocycles. The molecular formula is C12H32Br2F12K2N2P2S2. The van der Waals surface area contributed by atoms with Crippen molar-refractivity contribution in [3.8, 4) is 0 Å². The molecule has 0 aliphatic carbocycles. The average Bonchev–Trinajstić information content (AvgIpc) is 2.30. The Morgan fingerprint density at radius 1 is 0.647 bits per heavy atom. The summed E-state index contributed by atoms with van der Waals surface area (Å²) in [6.07, 6.45) is 2.30. The largest absolute Gasteiger partial charge is 1.00 e. The van der Waals surface area contributed by atoms with Gasteiger partial charge in [0, 0.05) is 12.8 Å². The molecule has 0 unspecified atom stereocenters. The number of rotatable bonds is 8. The summed E-state index contributed by atoms with van der Waals surface area (Å²) in [6.45, 7) is 2.34. The zero-order valence-corrected chi connectivity index (χ0v) is 33.0. The van der Waals surface area contributed by atoms with E-state index in [4.69, 9.17) is 2.25 Å². The van der Waals surface area contributed by atoms with E-state index in [9.17, 15) is 46.2 Å². The van der Waals surface area contributed by atoms with Gasteiger partial charge >= 0.3 is 165 Å². The molecule has 0 rings (SSSR count). The summed E-state index contributed by atoms with van der Waals surface area (Å²) in [7, 11) is -6.16. The van der Waals surface area contributed by atoms with Gasteiger partial charge in [0.05, 0.1) is 55.4 Å². The van der Waals surface area contributed by atoms with Gasteiger partial charge in [-0.1, -0.05) is 0 Å². The van der Waals surface area contributed by atoms with Crippen LogP contribution in [0.25, 0.3) is 0 Å². The molecule has 0 aromatic carbocycles. The Morgan fingerprint density at radius 3 is 0.882 bits per heavy atom. The minimum atomic E-state index is -10.7. The minimum absolute atomic E-state index is 0. The Bertz CT molecular complexity index is 452. The first-order chi connectivity index (χ1) is 12.8. The van der Waals surface area contributed by atoms with Crippen molar-refractivity contribution in [1.29, 1.82) is 2.25 Å². The molecule has 2 nitrogen and oxygen atoms in total. The number of halogens is 14. The van der Waals surface area contributed by atoms with Gasteiger partial charge in [-0.15, -0.1) is 0 Å². The number of nitrogens with zero attached hydrogens (tertiary/aromatic N) is 2. The van der Waals surface area contributed by atoms with Gasteiger partial charge in [0.1, 0.15) is 2.25 Å². The van der Waals surface area contributed by atoms with Crippen LogP contribution in [0.15, 0.2) is 0 Å². The molecule has 0 aliphatic heterocycles. The molecule has 0 fully saturated rings. The molecule has 212 valence electrons. The van der Waals surface area contributed by atoms with Gasteiger partial charge in [-0.25, -0.2) is 0 Å². The van der Waals surface area contributed by atoms with Crippen LogP contribution in [0.4, 0.5) is 46.2 Å². The third-order valence-electron chi connectivity index (χ3n) is 1.95. The second-order valence-electron chi connectivity index (χ2n) is 7.74. The Kier molecular flexibility index (Phi) is 36.3. The summed E-state index contributed by atoms with van der Waals surface area (Å²) in [5, 5.41) is 0. The standard InChI is InChI=1S/2C6H15NS.2BrH.F6P.F5P.FH.2K/c2*1-7(2,3)5-4-6-8;;;1-7(2,3,4,5)6;1-6(2,3,4)5;;;/h2*4-6H2,1-3H3;2*1H;;;1H;;/q;;;;-1;;;2*+1/p-1/i/hT2. The van der Waals surface area contributed by atoms with Crippen LogP contribution in [0.2, 0.25) is 0 Å². The molecule has 0 N–H and O–H groups in total. The maximum atomic E-state index is 9.87. The Hall–Kier alpha value is 4.87. The fourth-order valence-corrected chi connectivity index (χ4v) is 1.34. The molecule has 0 spiro atoms. The van der Waals surface area contributed by atoms with E-state index in [0.717, 1.165) is 33.3 Å². The molecule has 0 amide bonds. The van der Waals surface area contributed by atoms with Crippen LogP contribution in [0.3, 0.4) is 0 Å². The van der Waals surface area contributed by atoms with E-state index in [2.05, 4.69) is 42.3 Å². The van der Waals surface area contributed by atoms with Crippen molar-refractivity contribution in [2.75, 3.05) is 66.9 Å². The van der Waals surface area contributed by atoms with Gasteiger partial charge < -0.3 is 47.6 Å². The number of quaternary nitrogens is 2. The van der Waals surface area contributed by atoms with Crippen molar-refractivity contribution in [3.63, 3.8) is 0 Å². The molecule has 0 radical (unpaired) electrons. The quantitative estimate of drug-likeness (QED) is 0.0600. The monoisotopic (exact) mass is 798 g/mol. The molecule has 0 aromatic rings.